The zero-order valence-electron chi connectivity index (χ0n) is 26.7. The Morgan fingerprint density at radius 1 is 0.721 bits per heavy atom. The minimum Gasteiger partial charge on any atom is -0.394 e. The number of aliphatic hydroxyl groups is 7. The number of unbranched alkanes of at least 4 members (excludes halogenated alkanes) is 14. The van der Waals surface area contributed by atoms with Crippen molar-refractivity contribution in [3.8, 4) is 0 Å². The monoisotopic (exact) mass is 621 g/mol. The van der Waals surface area contributed by atoms with Gasteiger partial charge < -0.3 is 50.5 Å². The second kappa shape index (κ2) is 24.4. The van der Waals surface area contributed by atoms with E-state index in [1.807, 2.05) is 0 Å². The lowest BCUT2D eigenvalue weighted by molar-refractivity contribution is -0.303. The molecule has 0 aromatic rings. The van der Waals surface area contributed by atoms with E-state index in [0.29, 0.717) is 19.3 Å². The van der Waals surface area contributed by atoms with Gasteiger partial charge in [0.05, 0.1) is 25.4 Å². The average Bonchev–Trinajstić information content (AvgIpc) is 3.00. The smallest absolute Gasteiger partial charge is 0.249 e. The number of hydrogen-bond donors (Lipinski definition) is 8. The summed E-state index contributed by atoms with van der Waals surface area (Å²) in [7, 11) is 0. The van der Waals surface area contributed by atoms with E-state index in [0.717, 1.165) is 38.5 Å². The van der Waals surface area contributed by atoms with Gasteiger partial charge in [0.1, 0.15) is 36.6 Å². The van der Waals surface area contributed by atoms with E-state index in [4.69, 9.17) is 9.47 Å². The Hall–Kier alpha value is -0.890. The van der Waals surface area contributed by atoms with Gasteiger partial charge in [-0.25, -0.2) is 0 Å². The Morgan fingerprint density at radius 3 is 1.72 bits per heavy atom. The van der Waals surface area contributed by atoms with Crippen LogP contribution in [0.25, 0.3) is 0 Å². The molecule has 0 aromatic carbocycles. The number of rotatable bonds is 26. The molecule has 1 fully saturated rings. The lowest BCUT2D eigenvalue weighted by atomic mass is 9.98. The average molecular weight is 622 g/mol. The standard InChI is InChI=1S/C32H63NO10/c1-3-5-7-9-11-13-15-17-19-24(35)27(37)23(22-42-32-30(40)29(39)28(38)26(21-34)43-32)33-31(41)25(36)20-18-16-14-12-10-8-6-4-2/h23-30,32,34-40H,3-22H2,1-2H3,(H,33,41). The molecule has 1 heterocycles. The van der Waals surface area contributed by atoms with Gasteiger partial charge in [0.2, 0.25) is 5.91 Å². The van der Waals surface area contributed by atoms with Crippen LogP contribution in [0.3, 0.4) is 0 Å². The van der Waals surface area contributed by atoms with Gasteiger partial charge in [0.25, 0.3) is 0 Å². The molecular formula is C32H63NO10. The second-order valence-electron chi connectivity index (χ2n) is 12.2. The molecule has 8 N–H and O–H groups in total. The van der Waals surface area contributed by atoms with Crippen molar-refractivity contribution < 1.29 is 50.0 Å². The van der Waals surface area contributed by atoms with Crippen molar-refractivity contribution in [2.45, 2.75) is 184 Å². The van der Waals surface area contributed by atoms with Crippen molar-refractivity contribution in [1.82, 2.24) is 5.32 Å². The molecule has 1 rings (SSSR count). The molecule has 1 saturated heterocycles. The highest BCUT2D eigenvalue weighted by atomic mass is 16.7. The van der Waals surface area contributed by atoms with Crippen LogP contribution >= 0.6 is 0 Å². The predicted octanol–water partition coefficient (Wildman–Crippen LogP) is 2.43. The SMILES string of the molecule is CCCCCCCCCCC(O)C(=O)NC(COC1OC(CO)C(O)C(O)C1O)C(O)C(O)CCCCCCCCCC. The number of hydrogen-bond acceptors (Lipinski definition) is 10. The van der Waals surface area contributed by atoms with Gasteiger partial charge in [-0.15, -0.1) is 0 Å². The van der Waals surface area contributed by atoms with E-state index in [9.17, 15) is 40.5 Å². The molecule has 0 radical (unpaired) electrons. The van der Waals surface area contributed by atoms with Crippen LogP contribution in [-0.2, 0) is 14.3 Å². The van der Waals surface area contributed by atoms with E-state index in [-0.39, 0.29) is 6.42 Å². The maximum absolute atomic E-state index is 12.8. The molecule has 1 aliphatic rings. The van der Waals surface area contributed by atoms with E-state index in [2.05, 4.69) is 19.2 Å². The van der Waals surface area contributed by atoms with Crippen LogP contribution in [0, 0.1) is 0 Å². The fourth-order valence-electron chi connectivity index (χ4n) is 5.44. The maximum atomic E-state index is 12.8. The van der Waals surface area contributed by atoms with Crippen molar-refractivity contribution in [3.63, 3.8) is 0 Å². The van der Waals surface area contributed by atoms with Crippen molar-refractivity contribution >= 4 is 5.91 Å². The van der Waals surface area contributed by atoms with Crippen LogP contribution < -0.4 is 5.32 Å². The lowest BCUT2D eigenvalue weighted by Gasteiger charge is -2.40. The van der Waals surface area contributed by atoms with Crippen LogP contribution in [0.15, 0.2) is 0 Å². The quantitative estimate of drug-likeness (QED) is 0.0666. The summed E-state index contributed by atoms with van der Waals surface area (Å²) in [5.74, 6) is -0.705. The molecular weight excluding hydrogens is 558 g/mol. The third kappa shape index (κ3) is 16.3. The highest BCUT2D eigenvalue weighted by molar-refractivity contribution is 5.80. The van der Waals surface area contributed by atoms with E-state index >= 15 is 0 Å². The van der Waals surface area contributed by atoms with Crippen molar-refractivity contribution in [3.05, 3.63) is 0 Å². The molecule has 0 bridgehead atoms. The fourth-order valence-corrected chi connectivity index (χ4v) is 5.44. The molecule has 11 heteroatoms. The zero-order chi connectivity index (χ0) is 32.0. The zero-order valence-corrected chi connectivity index (χ0v) is 26.7. The van der Waals surface area contributed by atoms with Crippen molar-refractivity contribution in [2.24, 2.45) is 0 Å². The van der Waals surface area contributed by atoms with E-state index in [1.165, 1.54) is 51.4 Å². The number of ether oxygens (including phenoxy) is 2. The Balaban J connectivity index is 2.67. The van der Waals surface area contributed by atoms with Crippen LogP contribution in [0.4, 0.5) is 0 Å². The molecule has 11 nitrogen and oxygen atoms in total. The van der Waals surface area contributed by atoms with Gasteiger partial charge in [-0.1, -0.05) is 117 Å². The number of carbonyl (C=O) groups is 1. The first kappa shape index (κ1) is 40.1. The first-order valence-electron chi connectivity index (χ1n) is 16.9. The van der Waals surface area contributed by atoms with Gasteiger partial charge in [-0.3, -0.25) is 4.79 Å². The maximum Gasteiger partial charge on any atom is 0.249 e. The van der Waals surface area contributed by atoms with E-state index < -0.39 is 74.2 Å². The summed E-state index contributed by atoms with van der Waals surface area (Å²) in [5.41, 5.74) is 0. The third-order valence-corrected chi connectivity index (χ3v) is 8.41. The molecule has 9 atom stereocenters. The highest BCUT2D eigenvalue weighted by Gasteiger charge is 2.44. The molecule has 9 unspecified atom stereocenters. The van der Waals surface area contributed by atoms with Gasteiger partial charge in [0, 0.05) is 0 Å². The summed E-state index contributed by atoms with van der Waals surface area (Å²) in [6, 6.07) is -1.16. The van der Waals surface area contributed by atoms with Gasteiger partial charge in [0.15, 0.2) is 6.29 Å². The molecule has 1 amide bonds. The molecule has 43 heavy (non-hydrogen) atoms. The first-order chi connectivity index (χ1) is 20.7. The topological polar surface area (TPSA) is 189 Å². The van der Waals surface area contributed by atoms with Gasteiger partial charge >= 0.3 is 0 Å². The van der Waals surface area contributed by atoms with Gasteiger partial charge in [-0.2, -0.15) is 0 Å². The molecule has 0 spiro atoms. The van der Waals surface area contributed by atoms with Crippen molar-refractivity contribution in [2.75, 3.05) is 13.2 Å². The molecule has 0 aliphatic carbocycles. The molecule has 256 valence electrons. The Labute approximate surface area is 259 Å². The second-order valence-corrected chi connectivity index (χ2v) is 12.2. The molecule has 0 aromatic heterocycles. The normalized spacial score (nSPS) is 25.3. The van der Waals surface area contributed by atoms with Crippen LogP contribution in [0.2, 0.25) is 0 Å². The highest BCUT2D eigenvalue weighted by Crippen LogP contribution is 2.23. The molecule has 0 saturated carbocycles. The number of carbonyl (C=O) groups excluding carboxylic acids is 1. The number of aliphatic hydroxyl groups excluding tert-OH is 7. The Morgan fingerprint density at radius 2 is 1.21 bits per heavy atom. The predicted molar refractivity (Wildman–Crippen MR) is 164 cm³/mol. The Kier molecular flexibility index (Phi) is 22.7. The summed E-state index contributed by atoms with van der Waals surface area (Å²) < 4.78 is 11.0. The third-order valence-electron chi connectivity index (χ3n) is 8.41. The Bertz CT molecular complexity index is 685. The fraction of sp³-hybridized carbons (Fsp3) is 0.969. The summed E-state index contributed by atoms with van der Waals surface area (Å²) in [6.45, 7) is 3.30. The van der Waals surface area contributed by atoms with Crippen molar-refractivity contribution in [1.29, 1.82) is 0 Å². The summed E-state index contributed by atoms with van der Waals surface area (Å²) in [5, 5.41) is 74.6. The summed E-state index contributed by atoms with van der Waals surface area (Å²) in [4.78, 5) is 12.8. The van der Waals surface area contributed by atoms with Crippen LogP contribution in [0.1, 0.15) is 129 Å². The first-order valence-corrected chi connectivity index (χ1v) is 16.9. The number of nitrogens with one attached hydrogen (secondary N) is 1. The minimum absolute atomic E-state index is 0.262. The minimum atomic E-state index is -1.65. The summed E-state index contributed by atoms with van der Waals surface area (Å²) in [6.07, 6.45) is 6.36. The summed E-state index contributed by atoms with van der Waals surface area (Å²) >= 11 is 0. The number of amides is 1. The van der Waals surface area contributed by atoms with Gasteiger partial charge in [-0.05, 0) is 12.8 Å². The van der Waals surface area contributed by atoms with E-state index in [1.54, 1.807) is 0 Å². The lowest BCUT2D eigenvalue weighted by Crippen LogP contribution is -2.60. The molecule has 1 aliphatic heterocycles. The van der Waals surface area contributed by atoms with Crippen LogP contribution in [-0.4, -0.2) is 110 Å². The van der Waals surface area contributed by atoms with Crippen LogP contribution in [0.5, 0.6) is 0 Å². The largest absolute Gasteiger partial charge is 0.394 e.